The molecule has 0 fully saturated rings. The molecule has 0 aliphatic heterocycles. The minimum absolute atomic E-state index is 0.102. The van der Waals surface area contributed by atoms with Crippen molar-refractivity contribution in [3.63, 3.8) is 0 Å². The van der Waals surface area contributed by atoms with Gasteiger partial charge in [-0.1, -0.05) is 25.4 Å². The Kier molecular flexibility index (Phi) is 6.26. The Balaban J connectivity index is 3.42. The van der Waals surface area contributed by atoms with Crippen molar-refractivity contribution < 1.29 is 13.2 Å². The standard InChI is InChI=1S/C13H21ClN2O3S/c1-5-15-9-10-7-11(14)8-12(13(10)19-4)20(17,18)16(3)6-2/h7-8,15H,5-6,9H2,1-4H3. The number of ether oxygens (including phenoxy) is 1. The summed E-state index contributed by atoms with van der Waals surface area (Å²) in [4.78, 5) is 0.102. The van der Waals surface area contributed by atoms with Crippen LogP contribution in [0.3, 0.4) is 0 Å². The predicted octanol–water partition coefficient (Wildman–Crippen LogP) is 2.10. The van der Waals surface area contributed by atoms with Gasteiger partial charge < -0.3 is 10.1 Å². The zero-order valence-electron chi connectivity index (χ0n) is 12.2. The number of benzene rings is 1. The lowest BCUT2D eigenvalue weighted by atomic mass is 10.2. The molecule has 0 aliphatic carbocycles. The number of halogens is 1. The van der Waals surface area contributed by atoms with Gasteiger partial charge >= 0.3 is 0 Å². The molecule has 0 bridgehead atoms. The van der Waals surface area contributed by atoms with Gasteiger partial charge in [-0.3, -0.25) is 0 Å². The summed E-state index contributed by atoms with van der Waals surface area (Å²) in [7, 11) is -0.616. The molecule has 114 valence electrons. The number of nitrogens with zero attached hydrogens (tertiary/aromatic N) is 1. The third kappa shape index (κ3) is 3.63. The molecule has 0 saturated heterocycles. The van der Waals surface area contributed by atoms with Gasteiger partial charge in [0.05, 0.1) is 7.11 Å². The lowest BCUT2D eigenvalue weighted by Gasteiger charge is -2.19. The molecule has 0 saturated carbocycles. The summed E-state index contributed by atoms with van der Waals surface area (Å²) in [5.41, 5.74) is 0.727. The first-order chi connectivity index (χ1) is 9.38. The van der Waals surface area contributed by atoms with Crippen molar-refractivity contribution in [2.24, 2.45) is 0 Å². The van der Waals surface area contributed by atoms with Crippen LogP contribution in [-0.2, 0) is 16.6 Å². The van der Waals surface area contributed by atoms with E-state index in [1.807, 2.05) is 6.92 Å². The molecule has 0 atom stereocenters. The normalized spacial score (nSPS) is 11.9. The fraction of sp³-hybridized carbons (Fsp3) is 0.538. The molecule has 5 nitrogen and oxygen atoms in total. The summed E-state index contributed by atoms with van der Waals surface area (Å²) < 4.78 is 31.5. The Morgan fingerprint density at radius 2 is 2.00 bits per heavy atom. The fourth-order valence-corrected chi connectivity index (χ4v) is 3.48. The molecule has 1 rings (SSSR count). The third-order valence-corrected chi connectivity index (χ3v) is 5.16. The monoisotopic (exact) mass is 320 g/mol. The maximum atomic E-state index is 12.5. The maximum Gasteiger partial charge on any atom is 0.246 e. The predicted molar refractivity (Wildman–Crippen MR) is 80.9 cm³/mol. The van der Waals surface area contributed by atoms with Crippen LogP contribution in [0.2, 0.25) is 5.02 Å². The Morgan fingerprint density at radius 3 is 2.50 bits per heavy atom. The Bertz CT molecular complexity index is 561. The van der Waals surface area contributed by atoms with Gasteiger partial charge in [0.25, 0.3) is 0 Å². The Hall–Kier alpha value is -0.820. The van der Waals surface area contributed by atoms with E-state index in [0.717, 1.165) is 12.1 Å². The number of methoxy groups -OCH3 is 1. The highest BCUT2D eigenvalue weighted by Crippen LogP contribution is 2.33. The van der Waals surface area contributed by atoms with Gasteiger partial charge in [0, 0.05) is 30.7 Å². The van der Waals surface area contributed by atoms with Crippen molar-refractivity contribution in [3.8, 4) is 5.75 Å². The topological polar surface area (TPSA) is 58.6 Å². The third-order valence-electron chi connectivity index (χ3n) is 3.00. The van der Waals surface area contributed by atoms with E-state index in [9.17, 15) is 8.42 Å². The van der Waals surface area contributed by atoms with Gasteiger partial charge in [0.1, 0.15) is 10.6 Å². The quantitative estimate of drug-likeness (QED) is 0.836. The maximum absolute atomic E-state index is 12.5. The van der Waals surface area contributed by atoms with Crippen molar-refractivity contribution in [2.45, 2.75) is 25.3 Å². The van der Waals surface area contributed by atoms with Crippen molar-refractivity contribution in [2.75, 3.05) is 27.2 Å². The summed E-state index contributed by atoms with van der Waals surface area (Å²) in [5, 5.41) is 3.52. The van der Waals surface area contributed by atoms with Gasteiger partial charge in [0.15, 0.2) is 0 Å². The van der Waals surface area contributed by atoms with Crippen LogP contribution in [0.15, 0.2) is 17.0 Å². The largest absolute Gasteiger partial charge is 0.495 e. The first-order valence-corrected chi connectivity index (χ1v) is 8.23. The summed E-state index contributed by atoms with van der Waals surface area (Å²) in [5.74, 6) is 0.343. The molecule has 7 heteroatoms. The molecule has 1 aromatic carbocycles. The molecule has 0 radical (unpaired) electrons. The van der Waals surface area contributed by atoms with Crippen molar-refractivity contribution >= 4 is 21.6 Å². The van der Waals surface area contributed by atoms with Gasteiger partial charge in [-0.05, 0) is 18.7 Å². The van der Waals surface area contributed by atoms with Crippen LogP contribution in [0, 0.1) is 0 Å². The summed E-state index contributed by atoms with van der Waals surface area (Å²) >= 11 is 6.05. The zero-order valence-corrected chi connectivity index (χ0v) is 13.8. The van der Waals surface area contributed by atoms with Crippen LogP contribution < -0.4 is 10.1 Å². The molecular formula is C13H21ClN2O3S. The van der Waals surface area contributed by atoms with E-state index >= 15 is 0 Å². The van der Waals surface area contributed by atoms with E-state index in [1.54, 1.807) is 13.0 Å². The number of nitrogens with one attached hydrogen (secondary N) is 1. The van der Waals surface area contributed by atoms with Crippen molar-refractivity contribution in [1.29, 1.82) is 0 Å². The van der Waals surface area contributed by atoms with Crippen molar-refractivity contribution in [3.05, 3.63) is 22.7 Å². The molecule has 0 spiro atoms. The summed E-state index contributed by atoms with van der Waals surface area (Å²) in [6, 6.07) is 3.14. The number of sulfonamides is 1. The molecule has 0 aliphatic rings. The van der Waals surface area contributed by atoms with E-state index in [-0.39, 0.29) is 4.90 Å². The summed E-state index contributed by atoms with van der Waals surface area (Å²) in [6.07, 6.45) is 0. The second-order valence-corrected chi connectivity index (χ2v) is 6.75. The second kappa shape index (κ2) is 7.26. The van der Waals surface area contributed by atoms with Crippen LogP contribution >= 0.6 is 11.6 Å². The molecule has 20 heavy (non-hydrogen) atoms. The van der Waals surface area contributed by atoms with Crippen LogP contribution in [0.25, 0.3) is 0 Å². The lowest BCUT2D eigenvalue weighted by Crippen LogP contribution is -2.27. The molecule has 0 aromatic heterocycles. The molecule has 0 unspecified atom stereocenters. The average molecular weight is 321 g/mol. The minimum atomic E-state index is -3.61. The first kappa shape index (κ1) is 17.2. The fourth-order valence-electron chi connectivity index (χ4n) is 1.77. The van der Waals surface area contributed by atoms with E-state index in [4.69, 9.17) is 16.3 Å². The smallest absolute Gasteiger partial charge is 0.246 e. The minimum Gasteiger partial charge on any atom is -0.495 e. The molecule has 0 amide bonds. The highest BCUT2D eigenvalue weighted by Gasteiger charge is 2.26. The highest BCUT2D eigenvalue weighted by atomic mass is 35.5. The van der Waals surface area contributed by atoms with E-state index in [0.29, 0.717) is 23.9 Å². The van der Waals surface area contributed by atoms with E-state index in [1.165, 1.54) is 24.5 Å². The lowest BCUT2D eigenvalue weighted by molar-refractivity contribution is 0.392. The number of rotatable bonds is 7. The highest BCUT2D eigenvalue weighted by molar-refractivity contribution is 7.89. The molecule has 0 heterocycles. The Morgan fingerprint density at radius 1 is 1.35 bits per heavy atom. The number of hydrogen-bond donors (Lipinski definition) is 1. The molecule has 1 aromatic rings. The van der Waals surface area contributed by atoms with Crippen molar-refractivity contribution in [1.82, 2.24) is 9.62 Å². The van der Waals surface area contributed by atoms with Crippen LogP contribution in [0.5, 0.6) is 5.75 Å². The number of hydrogen-bond acceptors (Lipinski definition) is 4. The zero-order chi connectivity index (χ0) is 15.3. The molecule has 1 N–H and O–H groups in total. The first-order valence-electron chi connectivity index (χ1n) is 6.41. The van der Waals surface area contributed by atoms with Crippen LogP contribution in [-0.4, -0.2) is 40.0 Å². The van der Waals surface area contributed by atoms with E-state index in [2.05, 4.69) is 5.32 Å². The second-order valence-electron chi connectivity index (χ2n) is 4.30. The van der Waals surface area contributed by atoms with E-state index < -0.39 is 10.0 Å². The SMILES string of the molecule is CCNCc1cc(Cl)cc(S(=O)(=O)N(C)CC)c1OC. The van der Waals surface area contributed by atoms with Gasteiger partial charge in [-0.15, -0.1) is 0 Å². The van der Waals surface area contributed by atoms with Crippen LogP contribution in [0.4, 0.5) is 0 Å². The van der Waals surface area contributed by atoms with Gasteiger partial charge in [0.2, 0.25) is 10.0 Å². The van der Waals surface area contributed by atoms with Gasteiger partial charge in [-0.2, -0.15) is 0 Å². The summed E-state index contributed by atoms with van der Waals surface area (Å²) in [6.45, 7) is 5.39. The van der Waals surface area contributed by atoms with Gasteiger partial charge in [-0.25, -0.2) is 12.7 Å². The molecular weight excluding hydrogens is 300 g/mol. The Labute approximate surface area is 125 Å². The average Bonchev–Trinajstić information content (AvgIpc) is 2.43. The van der Waals surface area contributed by atoms with Crippen LogP contribution in [0.1, 0.15) is 19.4 Å².